The molecule has 0 aliphatic rings. The van der Waals surface area contributed by atoms with E-state index in [1.807, 2.05) is 19.9 Å². The van der Waals surface area contributed by atoms with Crippen molar-refractivity contribution in [1.82, 2.24) is 4.98 Å². The van der Waals surface area contributed by atoms with E-state index in [1.54, 1.807) is 37.4 Å². The molecule has 0 radical (unpaired) electrons. The molecule has 0 amide bonds. The van der Waals surface area contributed by atoms with Crippen molar-refractivity contribution in [2.24, 2.45) is 0 Å². The van der Waals surface area contributed by atoms with Crippen LogP contribution in [0.2, 0.25) is 0 Å². The number of benzene rings is 2. The monoisotopic (exact) mass is 372 g/mol. The summed E-state index contributed by atoms with van der Waals surface area (Å²) in [6.45, 7) is 5.56. The van der Waals surface area contributed by atoms with Crippen molar-refractivity contribution in [2.75, 3.05) is 11.8 Å². The Kier molecular flexibility index (Phi) is 4.73. The maximum Gasteiger partial charge on any atom is 0.265 e. The number of hydrogen-bond donors (Lipinski definition) is 1. The standard InChI is InChI=1S/C19H20N2O4S/c1-12-7-13(2)9-16(8-12)21-26(22,23)19-10-15(5-6-17(19)24-4)18-11-20-14(3)25-18/h5-11,21H,1-4H3. The first-order valence-electron chi connectivity index (χ1n) is 8.00. The Labute approximate surface area is 152 Å². The normalized spacial score (nSPS) is 11.4. The molecular formula is C19H20N2O4S. The minimum Gasteiger partial charge on any atom is -0.495 e. The number of methoxy groups -OCH3 is 1. The lowest BCUT2D eigenvalue weighted by atomic mass is 10.1. The highest BCUT2D eigenvalue weighted by Gasteiger charge is 2.21. The zero-order valence-corrected chi connectivity index (χ0v) is 15.8. The van der Waals surface area contributed by atoms with E-state index in [9.17, 15) is 8.42 Å². The van der Waals surface area contributed by atoms with Crippen molar-refractivity contribution in [3.63, 3.8) is 0 Å². The van der Waals surface area contributed by atoms with Gasteiger partial charge in [0.1, 0.15) is 10.6 Å². The molecule has 0 saturated carbocycles. The molecule has 6 nitrogen and oxygen atoms in total. The lowest BCUT2D eigenvalue weighted by molar-refractivity contribution is 0.403. The second-order valence-electron chi connectivity index (χ2n) is 6.09. The van der Waals surface area contributed by atoms with Crippen LogP contribution < -0.4 is 9.46 Å². The smallest absolute Gasteiger partial charge is 0.265 e. The zero-order chi connectivity index (χ0) is 18.9. The number of ether oxygens (including phenoxy) is 1. The average molecular weight is 372 g/mol. The van der Waals surface area contributed by atoms with E-state index in [2.05, 4.69) is 9.71 Å². The van der Waals surface area contributed by atoms with Gasteiger partial charge in [0.05, 0.1) is 13.3 Å². The summed E-state index contributed by atoms with van der Waals surface area (Å²) in [7, 11) is -2.42. The second kappa shape index (κ2) is 6.84. The molecule has 0 saturated heterocycles. The van der Waals surface area contributed by atoms with Crippen molar-refractivity contribution in [3.05, 3.63) is 59.6 Å². The van der Waals surface area contributed by atoms with Gasteiger partial charge in [0, 0.05) is 18.2 Å². The van der Waals surface area contributed by atoms with Gasteiger partial charge < -0.3 is 9.15 Å². The average Bonchev–Trinajstić information content (AvgIpc) is 2.99. The van der Waals surface area contributed by atoms with E-state index in [1.165, 1.54) is 13.2 Å². The van der Waals surface area contributed by atoms with E-state index in [0.717, 1.165) is 11.1 Å². The Balaban J connectivity index is 2.05. The fourth-order valence-corrected chi connectivity index (χ4v) is 4.01. The van der Waals surface area contributed by atoms with Crippen molar-refractivity contribution < 1.29 is 17.6 Å². The van der Waals surface area contributed by atoms with Crippen LogP contribution in [-0.2, 0) is 10.0 Å². The summed E-state index contributed by atoms with van der Waals surface area (Å²) in [5.74, 6) is 1.25. The van der Waals surface area contributed by atoms with E-state index >= 15 is 0 Å². The van der Waals surface area contributed by atoms with E-state index in [-0.39, 0.29) is 10.6 Å². The maximum absolute atomic E-state index is 13.0. The molecule has 26 heavy (non-hydrogen) atoms. The molecule has 2 aromatic carbocycles. The van der Waals surface area contributed by atoms with Crippen LogP contribution in [0.4, 0.5) is 5.69 Å². The minimum atomic E-state index is -3.85. The Hall–Kier alpha value is -2.80. The van der Waals surface area contributed by atoms with Crippen LogP contribution in [0.5, 0.6) is 5.75 Å². The number of rotatable bonds is 5. The second-order valence-corrected chi connectivity index (χ2v) is 7.74. The van der Waals surface area contributed by atoms with Crippen molar-refractivity contribution in [3.8, 4) is 17.1 Å². The Morgan fingerprint density at radius 3 is 2.31 bits per heavy atom. The molecule has 3 aromatic rings. The van der Waals surface area contributed by atoms with Crippen molar-refractivity contribution in [2.45, 2.75) is 25.7 Å². The summed E-state index contributed by atoms with van der Waals surface area (Å²) in [5.41, 5.74) is 3.05. The first-order chi connectivity index (χ1) is 12.3. The predicted octanol–water partition coefficient (Wildman–Crippen LogP) is 4.08. The molecule has 0 fully saturated rings. The van der Waals surface area contributed by atoms with Gasteiger partial charge in [-0.2, -0.15) is 0 Å². The first-order valence-corrected chi connectivity index (χ1v) is 9.49. The Morgan fingerprint density at radius 2 is 1.73 bits per heavy atom. The number of sulfonamides is 1. The third-order valence-electron chi connectivity index (χ3n) is 3.83. The summed E-state index contributed by atoms with van der Waals surface area (Å²) in [6, 6.07) is 10.4. The first kappa shape index (κ1) is 18.0. The van der Waals surface area contributed by atoms with Crippen LogP contribution in [0.3, 0.4) is 0 Å². The number of anilines is 1. The molecule has 1 heterocycles. The molecule has 0 aliphatic carbocycles. The summed E-state index contributed by atoms with van der Waals surface area (Å²) in [6.07, 6.45) is 1.56. The van der Waals surface area contributed by atoms with Crippen LogP contribution in [0.25, 0.3) is 11.3 Å². The highest BCUT2D eigenvalue weighted by Crippen LogP contribution is 2.31. The largest absolute Gasteiger partial charge is 0.495 e. The third kappa shape index (κ3) is 3.72. The van der Waals surface area contributed by atoms with Crippen LogP contribution in [0, 0.1) is 20.8 Å². The summed E-state index contributed by atoms with van der Waals surface area (Å²) in [5, 5.41) is 0. The zero-order valence-electron chi connectivity index (χ0n) is 15.0. The van der Waals surface area contributed by atoms with Gasteiger partial charge in [0.25, 0.3) is 10.0 Å². The molecule has 1 aromatic heterocycles. The molecular weight excluding hydrogens is 352 g/mol. The van der Waals surface area contributed by atoms with Gasteiger partial charge in [-0.15, -0.1) is 0 Å². The Morgan fingerprint density at radius 1 is 1.04 bits per heavy atom. The number of oxazole rings is 1. The van der Waals surface area contributed by atoms with Gasteiger partial charge in [-0.3, -0.25) is 4.72 Å². The van der Waals surface area contributed by atoms with Gasteiger partial charge >= 0.3 is 0 Å². The quantitative estimate of drug-likeness (QED) is 0.730. The number of nitrogens with one attached hydrogen (secondary N) is 1. The van der Waals surface area contributed by atoms with Gasteiger partial charge in [-0.25, -0.2) is 13.4 Å². The molecule has 7 heteroatoms. The molecule has 1 N–H and O–H groups in total. The SMILES string of the molecule is COc1ccc(-c2cnc(C)o2)cc1S(=O)(=O)Nc1cc(C)cc(C)c1. The summed E-state index contributed by atoms with van der Waals surface area (Å²) >= 11 is 0. The summed E-state index contributed by atoms with van der Waals surface area (Å²) in [4.78, 5) is 4.08. The minimum absolute atomic E-state index is 0.0331. The number of aryl methyl sites for hydroxylation is 3. The van der Waals surface area contributed by atoms with Crippen molar-refractivity contribution in [1.29, 1.82) is 0 Å². The van der Waals surface area contributed by atoms with Gasteiger partial charge in [0.2, 0.25) is 0 Å². The predicted molar refractivity (Wildman–Crippen MR) is 100.0 cm³/mol. The van der Waals surface area contributed by atoms with Crippen molar-refractivity contribution >= 4 is 15.7 Å². The maximum atomic E-state index is 13.0. The number of aromatic nitrogens is 1. The molecule has 0 spiro atoms. The fourth-order valence-electron chi connectivity index (χ4n) is 2.78. The number of nitrogens with zero attached hydrogens (tertiary/aromatic N) is 1. The van der Waals surface area contributed by atoms with Gasteiger partial charge in [0.15, 0.2) is 11.7 Å². The van der Waals surface area contributed by atoms with Crippen LogP contribution in [0.1, 0.15) is 17.0 Å². The lowest BCUT2D eigenvalue weighted by Crippen LogP contribution is -2.14. The highest BCUT2D eigenvalue weighted by molar-refractivity contribution is 7.92. The molecule has 136 valence electrons. The van der Waals surface area contributed by atoms with Crippen LogP contribution >= 0.6 is 0 Å². The number of hydrogen-bond acceptors (Lipinski definition) is 5. The van der Waals surface area contributed by atoms with E-state index < -0.39 is 10.0 Å². The Bertz CT molecular complexity index is 1030. The van der Waals surface area contributed by atoms with Gasteiger partial charge in [-0.05, 0) is 55.3 Å². The van der Waals surface area contributed by atoms with E-state index in [4.69, 9.17) is 9.15 Å². The highest BCUT2D eigenvalue weighted by atomic mass is 32.2. The molecule has 0 aliphatic heterocycles. The van der Waals surface area contributed by atoms with E-state index in [0.29, 0.717) is 22.9 Å². The third-order valence-corrected chi connectivity index (χ3v) is 5.24. The molecule has 0 atom stereocenters. The fraction of sp³-hybridized carbons (Fsp3) is 0.211. The molecule has 0 bridgehead atoms. The summed E-state index contributed by atoms with van der Waals surface area (Å²) < 4.78 is 39.3. The van der Waals surface area contributed by atoms with Gasteiger partial charge in [-0.1, -0.05) is 6.07 Å². The van der Waals surface area contributed by atoms with Crippen LogP contribution in [0.15, 0.2) is 51.9 Å². The lowest BCUT2D eigenvalue weighted by Gasteiger charge is -2.13. The van der Waals surface area contributed by atoms with Crippen LogP contribution in [-0.4, -0.2) is 20.5 Å². The topological polar surface area (TPSA) is 81.4 Å². The molecule has 3 rings (SSSR count). The molecule has 0 unspecified atom stereocenters.